The van der Waals surface area contributed by atoms with E-state index in [9.17, 15) is 0 Å². The van der Waals surface area contributed by atoms with Crippen LogP contribution in [0.2, 0.25) is 0 Å². The van der Waals surface area contributed by atoms with Crippen molar-refractivity contribution in [2.24, 2.45) is 0 Å². The summed E-state index contributed by atoms with van der Waals surface area (Å²) in [5, 5.41) is 5.38. The van der Waals surface area contributed by atoms with Crippen molar-refractivity contribution in [1.82, 2.24) is 0 Å². The normalized spacial score (nSPS) is 19.1. The first-order chi connectivity index (χ1) is 24.6. The number of allylic oxidation sites excluding steroid dienone is 9. The van der Waals surface area contributed by atoms with Gasteiger partial charge in [-0.1, -0.05) is 113 Å². The molecule has 51 heavy (non-hydrogen) atoms. The molecule has 4 aromatic carbocycles. The van der Waals surface area contributed by atoms with Crippen molar-refractivity contribution in [3.8, 4) is 0 Å². The lowest BCUT2D eigenvalue weighted by Gasteiger charge is -2.27. The largest absolute Gasteiger partial charge is 0.344 e. The Hall–Kier alpha value is -4.43. The van der Waals surface area contributed by atoms with Gasteiger partial charge in [-0.3, -0.25) is 0 Å². The van der Waals surface area contributed by atoms with Gasteiger partial charge in [0, 0.05) is 41.1 Å². The minimum Gasteiger partial charge on any atom is -0.344 e. The van der Waals surface area contributed by atoms with Crippen molar-refractivity contribution in [2.75, 3.05) is 18.5 Å². The average molecular weight is 676 g/mol. The second-order valence-corrected chi connectivity index (χ2v) is 15.7. The first kappa shape index (κ1) is 36.4. The van der Waals surface area contributed by atoms with Crippen LogP contribution in [-0.2, 0) is 10.8 Å². The topological polar surface area (TPSA) is 6.25 Å². The van der Waals surface area contributed by atoms with Gasteiger partial charge in [0.1, 0.15) is 7.05 Å². The van der Waals surface area contributed by atoms with Gasteiger partial charge < -0.3 is 4.90 Å². The molecule has 0 aromatic heterocycles. The maximum absolute atomic E-state index is 4.12. The quantitative estimate of drug-likeness (QED) is 0.0972. The Balaban J connectivity index is 0.00000220. The van der Waals surface area contributed by atoms with E-state index >= 15 is 0 Å². The minimum absolute atomic E-state index is 0.0685. The Morgan fingerprint density at radius 2 is 1.43 bits per heavy atom. The highest BCUT2D eigenvalue weighted by Gasteiger charge is 2.44. The smallest absolute Gasteiger partial charge is 0.210 e. The summed E-state index contributed by atoms with van der Waals surface area (Å²) in [6, 6.07) is 27.0. The van der Waals surface area contributed by atoms with Gasteiger partial charge in [0.25, 0.3) is 0 Å². The maximum atomic E-state index is 4.12. The molecule has 0 saturated carbocycles. The van der Waals surface area contributed by atoms with Gasteiger partial charge in [-0.2, -0.15) is 4.58 Å². The Morgan fingerprint density at radius 3 is 2.14 bits per heavy atom. The molecule has 0 fully saturated rings. The average Bonchev–Trinajstić information content (AvgIpc) is 3.47. The van der Waals surface area contributed by atoms with Gasteiger partial charge >= 0.3 is 0 Å². The third-order valence-corrected chi connectivity index (χ3v) is 11.3. The second-order valence-electron chi connectivity index (χ2n) is 15.7. The first-order valence-electron chi connectivity index (χ1n) is 19.4. The Kier molecular flexibility index (Phi) is 10.7. The van der Waals surface area contributed by atoms with Gasteiger partial charge in [-0.15, -0.1) is 6.58 Å². The molecule has 0 unspecified atom stereocenters. The number of nitrogens with zero attached hydrogens (tertiary/aromatic N) is 2. The molecule has 264 valence electrons. The standard InChI is InChI=1S/C47H53N2.C2H6/c1-33(2)16-9-8-14-31-49-41-28-26-37-20-11-13-22-39(37)45(41)47(5,6)43(49)30-24-35-18-15-17-34(32-35)23-29-42-46(3,4)44-38-21-12-10-19-36(38)25-27-40(44)48(42)7;1-2/h10-13,19-30,32H,1,8-9,14-18,31H2,2-7H3;1-2H3/q+1;. The lowest BCUT2D eigenvalue weighted by molar-refractivity contribution is -0.401. The van der Waals surface area contributed by atoms with E-state index in [2.05, 4.69) is 161 Å². The van der Waals surface area contributed by atoms with Crippen LogP contribution in [0.5, 0.6) is 0 Å². The van der Waals surface area contributed by atoms with E-state index in [0.29, 0.717) is 0 Å². The number of fused-ring (bicyclic) bond motifs is 6. The number of benzene rings is 4. The predicted octanol–water partition coefficient (Wildman–Crippen LogP) is 13.4. The molecule has 2 heteroatoms. The summed E-state index contributed by atoms with van der Waals surface area (Å²) in [5.74, 6) is 0. The summed E-state index contributed by atoms with van der Waals surface area (Å²) in [6.45, 7) is 20.9. The highest BCUT2D eigenvalue weighted by molar-refractivity contribution is 6.07. The van der Waals surface area contributed by atoms with Crippen LogP contribution in [0.25, 0.3) is 21.5 Å². The van der Waals surface area contributed by atoms with Crippen molar-refractivity contribution < 1.29 is 4.58 Å². The fourth-order valence-electron chi connectivity index (χ4n) is 8.86. The monoisotopic (exact) mass is 675 g/mol. The molecule has 0 radical (unpaired) electrons. The summed E-state index contributed by atoms with van der Waals surface area (Å²) >= 11 is 0. The molecular weight excluding hydrogens is 617 g/mol. The van der Waals surface area contributed by atoms with Crippen LogP contribution in [0.3, 0.4) is 0 Å². The molecule has 0 saturated heterocycles. The molecule has 3 aliphatic rings. The SMILES string of the molecule is C=C(C)CCCCCN1/C(=C/C=C2C=C(/C=C/C3=[N+](C)c4ccc5ccccc5c4C3(C)C)CCC/2)C(C)(C)c2c1ccc1ccccc21.CC. The fraction of sp³-hybridized carbons (Fsp3) is 0.367. The number of unbranched alkanes of at least 4 members (excludes halogenated alkanes) is 2. The zero-order valence-corrected chi connectivity index (χ0v) is 32.6. The third kappa shape index (κ3) is 6.95. The summed E-state index contributed by atoms with van der Waals surface area (Å²) in [4.78, 5) is 2.63. The third-order valence-electron chi connectivity index (χ3n) is 11.3. The highest BCUT2D eigenvalue weighted by atomic mass is 15.2. The van der Waals surface area contributed by atoms with Gasteiger partial charge in [0.2, 0.25) is 5.69 Å². The van der Waals surface area contributed by atoms with Crippen LogP contribution < -0.4 is 4.90 Å². The fourth-order valence-corrected chi connectivity index (χ4v) is 8.86. The van der Waals surface area contributed by atoms with Crippen LogP contribution in [0, 0.1) is 0 Å². The predicted molar refractivity (Wildman–Crippen MR) is 224 cm³/mol. The molecule has 0 amide bonds. The van der Waals surface area contributed by atoms with E-state index < -0.39 is 0 Å². The van der Waals surface area contributed by atoms with Gasteiger partial charge in [0.05, 0.1) is 5.41 Å². The molecule has 0 bridgehead atoms. The zero-order chi connectivity index (χ0) is 36.3. The van der Waals surface area contributed by atoms with Crippen LogP contribution in [-0.4, -0.2) is 23.9 Å². The van der Waals surface area contributed by atoms with Crippen LogP contribution in [0.15, 0.2) is 132 Å². The van der Waals surface area contributed by atoms with Crippen molar-refractivity contribution in [3.05, 3.63) is 143 Å². The van der Waals surface area contributed by atoms with E-state index in [-0.39, 0.29) is 10.8 Å². The van der Waals surface area contributed by atoms with Crippen LogP contribution in [0.4, 0.5) is 11.4 Å². The molecule has 0 spiro atoms. The Morgan fingerprint density at radius 1 is 0.765 bits per heavy atom. The van der Waals surface area contributed by atoms with Gasteiger partial charge in [0.15, 0.2) is 5.71 Å². The Bertz CT molecular complexity index is 2110. The maximum Gasteiger partial charge on any atom is 0.210 e. The van der Waals surface area contributed by atoms with E-state index in [1.165, 1.54) is 97.9 Å². The van der Waals surface area contributed by atoms with Gasteiger partial charge in [-0.05, 0) is 116 Å². The van der Waals surface area contributed by atoms with E-state index in [1.54, 1.807) is 0 Å². The molecule has 7 rings (SSSR count). The molecule has 2 nitrogen and oxygen atoms in total. The van der Waals surface area contributed by atoms with E-state index in [4.69, 9.17) is 0 Å². The van der Waals surface area contributed by atoms with E-state index in [1.807, 2.05) is 13.8 Å². The zero-order valence-electron chi connectivity index (χ0n) is 32.6. The number of rotatable bonds is 9. The van der Waals surface area contributed by atoms with Crippen molar-refractivity contribution in [3.63, 3.8) is 0 Å². The number of hydrogen-bond donors (Lipinski definition) is 0. The van der Waals surface area contributed by atoms with Crippen LogP contribution >= 0.6 is 0 Å². The summed E-state index contributed by atoms with van der Waals surface area (Å²) in [7, 11) is 2.23. The van der Waals surface area contributed by atoms with Crippen molar-refractivity contribution in [1.29, 1.82) is 0 Å². The number of hydrogen-bond acceptors (Lipinski definition) is 1. The molecule has 1 aliphatic carbocycles. The lowest BCUT2D eigenvalue weighted by atomic mass is 9.79. The lowest BCUT2D eigenvalue weighted by Crippen LogP contribution is -2.27. The molecule has 0 N–H and O–H groups in total. The molecular formula is C49H59N2+. The number of anilines is 1. The van der Waals surface area contributed by atoms with Gasteiger partial charge in [-0.25, -0.2) is 0 Å². The van der Waals surface area contributed by atoms with Crippen LogP contribution in [0.1, 0.15) is 105 Å². The summed E-state index contributed by atoms with van der Waals surface area (Å²) < 4.78 is 2.40. The highest BCUT2D eigenvalue weighted by Crippen LogP contribution is 2.51. The second kappa shape index (κ2) is 15.0. The molecule has 0 atom stereocenters. The molecule has 4 aromatic rings. The first-order valence-corrected chi connectivity index (χ1v) is 19.4. The molecule has 2 aliphatic heterocycles. The minimum atomic E-state index is -0.0828. The summed E-state index contributed by atoms with van der Waals surface area (Å²) in [6.07, 6.45) is 20.3. The van der Waals surface area contributed by atoms with E-state index in [0.717, 1.165) is 25.8 Å². The Labute approximate surface area is 308 Å². The summed E-state index contributed by atoms with van der Waals surface area (Å²) in [5.41, 5.74) is 12.4. The molecule has 2 heterocycles. The van der Waals surface area contributed by atoms with Crippen molar-refractivity contribution in [2.45, 2.75) is 104 Å². The van der Waals surface area contributed by atoms with Crippen molar-refractivity contribution >= 4 is 38.6 Å².